The van der Waals surface area contributed by atoms with Crippen molar-refractivity contribution < 1.29 is 9.53 Å². The molecule has 1 amide bonds. The molecule has 2 aromatic rings. The largest absolute Gasteiger partial charge is 0.497 e. The van der Waals surface area contributed by atoms with E-state index in [-0.39, 0.29) is 5.91 Å². The average Bonchev–Trinajstić information content (AvgIpc) is 2.54. The number of rotatable bonds is 6. The zero-order valence-electron chi connectivity index (χ0n) is 12.5. The van der Waals surface area contributed by atoms with E-state index in [4.69, 9.17) is 4.74 Å². The van der Waals surface area contributed by atoms with Gasteiger partial charge in [0.15, 0.2) is 0 Å². The van der Waals surface area contributed by atoms with Crippen LogP contribution in [0.15, 0.2) is 54.6 Å². The number of hydrogen-bond acceptors (Lipinski definition) is 2. The van der Waals surface area contributed by atoms with Crippen LogP contribution >= 0.6 is 0 Å². The summed E-state index contributed by atoms with van der Waals surface area (Å²) >= 11 is 0. The van der Waals surface area contributed by atoms with E-state index in [1.807, 2.05) is 42.5 Å². The predicted molar refractivity (Wildman–Crippen MR) is 84.6 cm³/mol. The van der Waals surface area contributed by atoms with Crippen LogP contribution in [0.4, 0.5) is 0 Å². The van der Waals surface area contributed by atoms with E-state index in [9.17, 15) is 4.79 Å². The first-order chi connectivity index (χ1) is 10.2. The van der Waals surface area contributed by atoms with Crippen LogP contribution in [0.3, 0.4) is 0 Å². The predicted octanol–water partition coefficient (Wildman–Crippen LogP) is 3.16. The smallest absolute Gasteiger partial charge is 0.224 e. The summed E-state index contributed by atoms with van der Waals surface area (Å²) in [6.45, 7) is 2.77. The van der Waals surface area contributed by atoms with Gasteiger partial charge in [0.05, 0.1) is 13.5 Å². The standard InChI is InChI=1S/C18H21NO2/c1-14(16-6-4-3-5-7-16)13-19-18(20)12-15-8-10-17(21-2)11-9-15/h3-11,14H,12-13H2,1-2H3,(H,19,20)/t14-/m1/s1. The molecular formula is C18H21NO2. The normalized spacial score (nSPS) is 11.7. The van der Waals surface area contributed by atoms with Gasteiger partial charge in [-0.2, -0.15) is 0 Å². The molecule has 0 bridgehead atoms. The lowest BCUT2D eigenvalue weighted by molar-refractivity contribution is -0.120. The van der Waals surface area contributed by atoms with E-state index >= 15 is 0 Å². The van der Waals surface area contributed by atoms with Crippen molar-refractivity contribution in [2.75, 3.05) is 13.7 Å². The minimum atomic E-state index is 0.0444. The van der Waals surface area contributed by atoms with Crippen molar-refractivity contribution >= 4 is 5.91 Å². The summed E-state index contributed by atoms with van der Waals surface area (Å²) < 4.78 is 5.10. The van der Waals surface area contributed by atoms with Crippen molar-refractivity contribution in [3.63, 3.8) is 0 Å². The molecule has 1 atom stereocenters. The van der Waals surface area contributed by atoms with Gasteiger partial charge >= 0.3 is 0 Å². The topological polar surface area (TPSA) is 38.3 Å². The molecule has 0 aliphatic rings. The Morgan fingerprint density at radius 1 is 1.10 bits per heavy atom. The molecule has 3 heteroatoms. The highest BCUT2D eigenvalue weighted by molar-refractivity contribution is 5.78. The van der Waals surface area contributed by atoms with Crippen LogP contribution in [0.25, 0.3) is 0 Å². The molecule has 3 nitrogen and oxygen atoms in total. The molecule has 0 spiro atoms. The Bertz CT molecular complexity index is 564. The molecule has 0 saturated carbocycles. The Balaban J connectivity index is 1.81. The number of ether oxygens (including phenoxy) is 1. The van der Waals surface area contributed by atoms with Crippen molar-refractivity contribution in [1.82, 2.24) is 5.32 Å². The summed E-state index contributed by atoms with van der Waals surface area (Å²) in [7, 11) is 1.63. The van der Waals surface area contributed by atoms with E-state index in [1.54, 1.807) is 7.11 Å². The second-order valence-electron chi connectivity index (χ2n) is 5.14. The van der Waals surface area contributed by atoms with Crippen LogP contribution in [-0.4, -0.2) is 19.6 Å². The molecule has 2 rings (SSSR count). The maximum absolute atomic E-state index is 12.0. The molecule has 2 aromatic carbocycles. The zero-order chi connectivity index (χ0) is 15.1. The van der Waals surface area contributed by atoms with E-state index in [2.05, 4.69) is 24.4 Å². The fourth-order valence-corrected chi connectivity index (χ4v) is 2.16. The number of benzene rings is 2. The Morgan fingerprint density at radius 3 is 2.38 bits per heavy atom. The minimum absolute atomic E-state index is 0.0444. The van der Waals surface area contributed by atoms with Gasteiger partial charge in [0.1, 0.15) is 5.75 Å². The Hall–Kier alpha value is -2.29. The lowest BCUT2D eigenvalue weighted by atomic mass is 10.0. The molecular weight excluding hydrogens is 262 g/mol. The van der Waals surface area contributed by atoms with Gasteiger partial charge in [-0.3, -0.25) is 4.79 Å². The molecule has 0 aromatic heterocycles. The number of amides is 1. The van der Waals surface area contributed by atoms with E-state index in [0.717, 1.165) is 11.3 Å². The van der Waals surface area contributed by atoms with Gasteiger partial charge in [0, 0.05) is 6.54 Å². The Labute approximate surface area is 126 Å². The first-order valence-corrected chi connectivity index (χ1v) is 7.13. The van der Waals surface area contributed by atoms with Gasteiger partial charge in [-0.1, -0.05) is 49.4 Å². The van der Waals surface area contributed by atoms with Crippen LogP contribution < -0.4 is 10.1 Å². The molecule has 0 saturated heterocycles. The molecule has 110 valence electrons. The molecule has 0 radical (unpaired) electrons. The lowest BCUT2D eigenvalue weighted by Gasteiger charge is -2.13. The third-order valence-electron chi connectivity index (χ3n) is 3.50. The van der Waals surface area contributed by atoms with Gasteiger partial charge in [-0.15, -0.1) is 0 Å². The highest BCUT2D eigenvalue weighted by atomic mass is 16.5. The Morgan fingerprint density at radius 2 is 1.76 bits per heavy atom. The van der Waals surface area contributed by atoms with Crippen molar-refractivity contribution in [3.8, 4) is 5.75 Å². The van der Waals surface area contributed by atoms with Crippen molar-refractivity contribution in [2.24, 2.45) is 0 Å². The molecule has 0 aliphatic heterocycles. The highest BCUT2D eigenvalue weighted by Gasteiger charge is 2.08. The van der Waals surface area contributed by atoms with Gasteiger partial charge in [-0.25, -0.2) is 0 Å². The summed E-state index contributed by atoms with van der Waals surface area (Å²) in [5, 5.41) is 2.99. The number of carbonyl (C=O) groups excluding carboxylic acids is 1. The fraction of sp³-hybridized carbons (Fsp3) is 0.278. The highest BCUT2D eigenvalue weighted by Crippen LogP contribution is 2.14. The molecule has 0 heterocycles. The van der Waals surface area contributed by atoms with E-state index in [1.165, 1.54) is 5.56 Å². The van der Waals surface area contributed by atoms with Crippen molar-refractivity contribution in [3.05, 3.63) is 65.7 Å². The minimum Gasteiger partial charge on any atom is -0.497 e. The maximum Gasteiger partial charge on any atom is 0.224 e. The number of carbonyl (C=O) groups is 1. The maximum atomic E-state index is 12.0. The van der Waals surface area contributed by atoms with Crippen LogP contribution in [-0.2, 0) is 11.2 Å². The second-order valence-corrected chi connectivity index (χ2v) is 5.14. The van der Waals surface area contributed by atoms with Crippen molar-refractivity contribution in [2.45, 2.75) is 19.3 Å². The van der Waals surface area contributed by atoms with Crippen LogP contribution in [0.2, 0.25) is 0 Å². The quantitative estimate of drug-likeness (QED) is 0.884. The van der Waals surface area contributed by atoms with Crippen molar-refractivity contribution in [1.29, 1.82) is 0 Å². The fourth-order valence-electron chi connectivity index (χ4n) is 2.16. The third kappa shape index (κ3) is 4.63. The summed E-state index contributed by atoms with van der Waals surface area (Å²) in [4.78, 5) is 12.0. The second kappa shape index (κ2) is 7.48. The number of methoxy groups -OCH3 is 1. The first kappa shape index (κ1) is 15.1. The monoisotopic (exact) mass is 283 g/mol. The van der Waals surface area contributed by atoms with Crippen LogP contribution in [0.5, 0.6) is 5.75 Å². The summed E-state index contributed by atoms with van der Waals surface area (Å²) in [6, 6.07) is 17.8. The van der Waals surface area contributed by atoms with Gasteiger partial charge < -0.3 is 10.1 Å². The molecule has 0 fully saturated rings. The molecule has 0 aliphatic carbocycles. The first-order valence-electron chi connectivity index (χ1n) is 7.13. The van der Waals surface area contributed by atoms with Gasteiger partial charge in [0.2, 0.25) is 5.91 Å². The van der Waals surface area contributed by atoms with E-state index < -0.39 is 0 Å². The molecule has 1 N–H and O–H groups in total. The Kier molecular flexibility index (Phi) is 5.38. The number of nitrogens with one attached hydrogen (secondary N) is 1. The van der Waals surface area contributed by atoms with E-state index in [0.29, 0.717) is 18.9 Å². The zero-order valence-corrected chi connectivity index (χ0v) is 12.5. The third-order valence-corrected chi connectivity index (χ3v) is 3.50. The van der Waals surface area contributed by atoms with Crippen LogP contribution in [0, 0.1) is 0 Å². The SMILES string of the molecule is COc1ccc(CC(=O)NC[C@@H](C)c2ccccc2)cc1. The summed E-state index contributed by atoms with van der Waals surface area (Å²) in [5.41, 5.74) is 2.22. The molecule has 21 heavy (non-hydrogen) atoms. The number of hydrogen-bond donors (Lipinski definition) is 1. The molecule has 0 unspecified atom stereocenters. The summed E-state index contributed by atoms with van der Waals surface area (Å²) in [6.07, 6.45) is 0.394. The van der Waals surface area contributed by atoms with Crippen LogP contribution in [0.1, 0.15) is 24.0 Å². The summed E-state index contributed by atoms with van der Waals surface area (Å²) in [5.74, 6) is 1.16. The average molecular weight is 283 g/mol. The van der Waals surface area contributed by atoms with Gasteiger partial charge in [0.25, 0.3) is 0 Å². The lowest BCUT2D eigenvalue weighted by Crippen LogP contribution is -2.28. The van der Waals surface area contributed by atoms with Gasteiger partial charge in [-0.05, 0) is 29.2 Å².